The molecule has 28 heavy (non-hydrogen) atoms. The Hall–Kier alpha value is -2.41. The van der Waals surface area contributed by atoms with Gasteiger partial charge in [-0.25, -0.2) is 0 Å². The van der Waals surface area contributed by atoms with Gasteiger partial charge >= 0.3 is 0 Å². The van der Waals surface area contributed by atoms with Crippen molar-refractivity contribution < 1.29 is 14.3 Å². The molecule has 6 nitrogen and oxygen atoms in total. The molecular formula is C21H26ClN3O3. The number of amides is 2. The fourth-order valence-electron chi connectivity index (χ4n) is 3.22. The highest BCUT2D eigenvalue weighted by molar-refractivity contribution is 6.04. The second-order valence-corrected chi connectivity index (χ2v) is 6.90. The van der Waals surface area contributed by atoms with Crippen molar-refractivity contribution in [2.75, 3.05) is 18.4 Å². The van der Waals surface area contributed by atoms with Gasteiger partial charge in [-0.1, -0.05) is 12.1 Å². The van der Waals surface area contributed by atoms with Gasteiger partial charge in [-0.2, -0.15) is 0 Å². The Morgan fingerprint density at radius 1 is 1.00 bits per heavy atom. The van der Waals surface area contributed by atoms with Crippen LogP contribution in [0, 0.1) is 0 Å². The van der Waals surface area contributed by atoms with Crippen molar-refractivity contribution in [3.63, 3.8) is 0 Å². The predicted molar refractivity (Wildman–Crippen MR) is 112 cm³/mol. The van der Waals surface area contributed by atoms with Crippen LogP contribution < -0.4 is 11.1 Å². The number of hydrogen-bond donors (Lipinski definition) is 2. The van der Waals surface area contributed by atoms with Crippen LogP contribution >= 0.6 is 12.4 Å². The van der Waals surface area contributed by atoms with Crippen LogP contribution in [0.1, 0.15) is 40.1 Å². The average molecular weight is 404 g/mol. The van der Waals surface area contributed by atoms with Gasteiger partial charge in [0.15, 0.2) is 0 Å². The molecule has 7 heteroatoms. The molecule has 0 radical (unpaired) electrons. The number of morpholine rings is 1. The SMILES string of the molecule is CC1CN(C(=O)c2ccc(NC(=O)c3ccc(CN)cc3)cc2)CC(C)O1.Cl. The molecular weight excluding hydrogens is 378 g/mol. The second kappa shape index (κ2) is 9.68. The highest BCUT2D eigenvalue weighted by atomic mass is 35.5. The summed E-state index contributed by atoms with van der Waals surface area (Å²) in [5.74, 6) is -0.222. The van der Waals surface area contributed by atoms with Crippen LogP contribution in [0.5, 0.6) is 0 Å². The minimum Gasteiger partial charge on any atom is -0.372 e. The van der Waals surface area contributed by atoms with E-state index in [1.165, 1.54) is 0 Å². The minimum absolute atomic E-state index is 0. The van der Waals surface area contributed by atoms with Crippen molar-refractivity contribution in [2.24, 2.45) is 5.73 Å². The molecule has 1 aliphatic heterocycles. The number of ether oxygens (including phenoxy) is 1. The van der Waals surface area contributed by atoms with Gasteiger partial charge in [-0.15, -0.1) is 12.4 Å². The van der Waals surface area contributed by atoms with Crippen molar-refractivity contribution in [2.45, 2.75) is 32.6 Å². The lowest BCUT2D eigenvalue weighted by Crippen LogP contribution is -2.48. The number of hydrogen-bond acceptors (Lipinski definition) is 4. The molecule has 3 rings (SSSR count). The van der Waals surface area contributed by atoms with Gasteiger partial charge in [0, 0.05) is 36.4 Å². The zero-order valence-electron chi connectivity index (χ0n) is 16.1. The molecule has 2 amide bonds. The zero-order valence-corrected chi connectivity index (χ0v) is 16.9. The molecule has 2 aromatic rings. The molecule has 150 valence electrons. The highest BCUT2D eigenvalue weighted by Gasteiger charge is 2.26. The molecule has 0 aliphatic carbocycles. The van der Waals surface area contributed by atoms with E-state index in [-0.39, 0.29) is 36.4 Å². The maximum atomic E-state index is 12.7. The summed E-state index contributed by atoms with van der Waals surface area (Å²) >= 11 is 0. The predicted octanol–water partition coefficient (Wildman–Crippen LogP) is 3.07. The summed E-state index contributed by atoms with van der Waals surface area (Å²) in [4.78, 5) is 26.8. The lowest BCUT2D eigenvalue weighted by molar-refractivity contribution is -0.0586. The Morgan fingerprint density at radius 2 is 1.54 bits per heavy atom. The summed E-state index contributed by atoms with van der Waals surface area (Å²) in [6.45, 7) is 5.54. The van der Waals surface area contributed by atoms with E-state index in [1.807, 2.05) is 30.9 Å². The fourth-order valence-corrected chi connectivity index (χ4v) is 3.22. The van der Waals surface area contributed by atoms with Crippen LogP contribution in [-0.2, 0) is 11.3 Å². The van der Waals surface area contributed by atoms with Crippen LogP contribution in [0.4, 0.5) is 5.69 Å². The number of halogens is 1. The molecule has 0 saturated carbocycles. The molecule has 1 saturated heterocycles. The summed E-state index contributed by atoms with van der Waals surface area (Å²) in [6, 6.07) is 14.1. The molecule has 1 heterocycles. The standard InChI is InChI=1S/C21H25N3O3.ClH/c1-14-12-24(13-15(2)27-14)21(26)18-7-9-19(10-8-18)23-20(25)17-5-3-16(11-22)4-6-17;/h3-10,14-15H,11-13,22H2,1-2H3,(H,23,25);1H. The molecule has 0 bridgehead atoms. The maximum Gasteiger partial charge on any atom is 0.255 e. The Bertz CT molecular complexity index is 799. The van der Waals surface area contributed by atoms with Crippen molar-refractivity contribution >= 4 is 29.9 Å². The van der Waals surface area contributed by atoms with E-state index in [0.29, 0.717) is 36.4 Å². The van der Waals surface area contributed by atoms with Crippen LogP contribution in [0.2, 0.25) is 0 Å². The topological polar surface area (TPSA) is 84.7 Å². The van der Waals surface area contributed by atoms with E-state index in [4.69, 9.17) is 10.5 Å². The summed E-state index contributed by atoms with van der Waals surface area (Å²) < 4.78 is 5.67. The third-order valence-electron chi connectivity index (χ3n) is 4.55. The monoisotopic (exact) mass is 403 g/mol. The first-order valence-corrected chi connectivity index (χ1v) is 9.11. The summed E-state index contributed by atoms with van der Waals surface area (Å²) in [5.41, 5.74) is 8.34. The van der Waals surface area contributed by atoms with Crippen molar-refractivity contribution in [3.8, 4) is 0 Å². The first-order chi connectivity index (χ1) is 13.0. The van der Waals surface area contributed by atoms with Crippen molar-refractivity contribution in [3.05, 3.63) is 65.2 Å². The highest BCUT2D eigenvalue weighted by Crippen LogP contribution is 2.17. The number of nitrogens with zero attached hydrogens (tertiary/aromatic N) is 1. The van der Waals surface area contributed by atoms with E-state index in [1.54, 1.807) is 36.4 Å². The quantitative estimate of drug-likeness (QED) is 0.821. The molecule has 1 fully saturated rings. The van der Waals surface area contributed by atoms with Gasteiger partial charge in [0.25, 0.3) is 11.8 Å². The lowest BCUT2D eigenvalue weighted by Gasteiger charge is -2.35. The molecule has 2 aromatic carbocycles. The van der Waals surface area contributed by atoms with Gasteiger partial charge < -0.3 is 20.7 Å². The number of carbonyl (C=O) groups excluding carboxylic acids is 2. The Labute approximate surface area is 171 Å². The van der Waals surface area contributed by atoms with E-state index in [0.717, 1.165) is 5.56 Å². The minimum atomic E-state index is -0.200. The third kappa shape index (κ3) is 5.32. The zero-order chi connectivity index (χ0) is 19.4. The number of nitrogens with two attached hydrogens (primary N) is 1. The van der Waals surface area contributed by atoms with Gasteiger partial charge in [0.2, 0.25) is 0 Å². The molecule has 1 aliphatic rings. The molecule has 3 N–H and O–H groups in total. The number of rotatable bonds is 4. The van der Waals surface area contributed by atoms with Gasteiger partial charge in [-0.3, -0.25) is 9.59 Å². The molecule has 0 aromatic heterocycles. The summed E-state index contributed by atoms with van der Waals surface area (Å²) in [5, 5.41) is 2.84. The Morgan fingerprint density at radius 3 is 2.07 bits per heavy atom. The van der Waals surface area contributed by atoms with Crippen LogP contribution in [0.3, 0.4) is 0 Å². The van der Waals surface area contributed by atoms with Crippen molar-refractivity contribution in [1.82, 2.24) is 4.90 Å². The van der Waals surface area contributed by atoms with E-state index < -0.39 is 0 Å². The third-order valence-corrected chi connectivity index (χ3v) is 4.55. The Balaban J connectivity index is 0.00000280. The molecule has 2 atom stereocenters. The van der Waals surface area contributed by atoms with Crippen LogP contribution in [0.25, 0.3) is 0 Å². The van der Waals surface area contributed by atoms with E-state index in [9.17, 15) is 9.59 Å². The summed E-state index contributed by atoms with van der Waals surface area (Å²) in [7, 11) is 0. The molecule has 2 unspecified atom stereocenters. The normalized spacial score (nSPS) is 18.9. The number of benzene rings is 2. The van der Waals surface area contributed by atoms with E-state index in [2.05, 4.69) is 5.32 Å². The fraction of sp³-hybridized carbons (Fsp3) is 0.333. The number of nitrogens with one attached hydrogen (secondary N) is 1. The van der Waals surface area contributed by atoms with Crippen molar-refractivity contribution in [1.29, 1.82) is 0 Å². The van der Waals surface area contributed by atoms with Gasteiger partial charge in [0.1, 0.15) is 0 Å². The largest absolute Gasteiger partial charge is 0.372 e. The van der Waals surface area contributed by atoms with E-state index >= 15 is 0 Å². The Kier molecular flexibility index (Phi) is 7.57. The van der Waals surface area contributed by atoms with Gasteiger partial charge in [0.05, 0.1) is 12.2 Å². The smallest absolute Gasteiger partial charge is 0.255 e. The average Bonchev–Trinajstić information content (AvgIpc) is 2.67. The lowest BCUT2D eigenvalue weighted by atomic mass is 10.1. The number of anilines is 1. The number of carbonyl (C=O) groups is 2. The second-order valence-electron chi connectivity index (χ2n) is 6.90. The first-order valence-electron chi connectivity index (χ1n) is 9.11. The maximum absolute atomic E-state index is 12.7. The summed E-state index contributed by atoms with van der Waals surface area (Å²) in [6.07, 6.45) is 0.0591. The van der Waals surface area contributed by atoms with Crippen LogP contribution in [0.15, 0.2) is 48.5 Å². The first kappa shape index (κ1) is 21.9. The molecule has 0 spiro atoms. The van der Waals surface area contributed by atoms with Gasteiger partial charge in [-0.05, 0) is 55.8 Å². The van der Waals surface area contributed by atoms with Crippen LogP contribution in [-0.4, -0.2) is 42.0 Å².